The van der Waals surface area contributed by atoms with Crippen molar-refractivity contribution < 1.29 is 9.72 Å². The Morgan fingerprint density at radius 3 is 2.74 bits per heavy atom. The number of nitrogens with zero attached hydrogens (tertiary/aromatic N) is 2. The summed E-state index contributed by atoms with van der Waals surface area (Å²) in [5.74, 6) is -0.235. The summed E-state index contributed by atoms with van der Waals surface area (Å²) in [5.41, 5.74) is -1.30. The Morgan fingerprint density at radius 2 is 2.16 bits per heavy atom. The van der Waals surface area contributed by atoms with Crippen molar-refractivity contribution >= 4 is 22.8 Å². The minimum atomic E-state index is -0.769. The maximum absolute atomic E-state index is 11.9. The van der Waals surface area contributed by atoms with E-state index in [0.717, 1.165) is 15.5 Å². The first-order chi connectivity index (χ1) is 8.99. The number of pyridine rings is 1. The molecule has 0 aliphatic carbocycles. The quantitative estimate of drug-likeness (QED) is 0.486. The van der Waals surface area contributed by atoms with Crippen LogP contribution in [-0.2, 0) is 6.54 Å². The van der Waals surface area contributed by atoms with Crippen LogP contribution in [0.4, 0.5) is 5.69 Å². The van der Waals surface area contributed by atoms with Crippen LogP contribution in [0.3, 0.4) is 0 Å². The van der Waals surface area contributed by atoms with Crippen molar-refractivity contribution in [1.82, 2.24) is 4.57 Å². The smallest absolute Gasteiger partial charge is 0.302 e. The molecule has 0 bridgehead atoms. The lowest BCUT2D eigenvalue weighted by atomic mass is 10.3. The zero-order valence-corrected chi connectivity index (χ0v) is 10.8. The number of carbonyl (C=O) groups is 1. The summed E-state index contributed by atoms with van der Waals surface area (Å²) >= 11 is 1.33. The minimum Gasteiger partial charge on any atom is -0.302 e. The molecule has 2 heterocycles. The van der Waals surface area contributed by atoms with Crippen molar-refractivity contribution in [3.63, 3.8) is 0 Å². The molecule has 0 radical (unpaired) electrons. The first kappa shape index (κ1) is 13.2. The lowest BCUT2D eigenvalue weighted by Gasteiger charge is -2.02. The van der Waals surface area contributed by atoms with Crippen LogP contribution < -0.4 is 5.56 Å². The fourth-order valence-corrected chi connectivity index (χ4v) is 2.40. The molecule has 0 N–H and O–H groups in total. The van der Waals surface area contributed by atoms with Crippen LogP contribution >= 0.6 is 11.3 Å². The summed E-state index contributed by atoms with van der Waals surface area (Å²) in [6, 6.07) is 6.00. The summed E-state index contributed by atoms with van der Waals surface area (Å²) in [5, 5.41) is 10.6. The molecule has 0 aliphatic heterocycles. The molecule has 0 atom stereocenters. The van der Waals surface area contributed by atoms with E-state index >= 15 is 0 Å². The molecule has 0 spiro atoms. The van der Waals surface area contributed by atoms with E-state index in [2.05, 4.69) is 0 Å². The van der Waals surface area contributed by atoms with E-state index < -0.39 is 16.2 Å². The van der Waals surface area contributed by atoms with Gasteiger partial charge in [-0.1, -0.05) is 0 Å². The van der Waals surface area contributed by atoms with E-state index in [0.29, 0.717) is 4.88 Å². The van der Waals surface area contributed by atoms with E-state index in [-0.39, 0.29) is 12.3 Å². The van der Waals surface area contributed by atoms with Gasteiger partial charge in [-0.15, -0.1) is 11.3 Å². The highest BCUT2D eigenvalue weighted by Gasteiger charge is 2.16. The van der Waals surface area contributed by atoms with E-state index in [1.165, 1.54) is 23.6 Å². The lowest BCUT2D eigenvalue weighted by molar-refractivity contribution is -0.386. The van der Waals surface area contributed by atoms with Crippen LogP contribution in [0.15, 0.2) is 35.3 Å². The molecular formula is C12H10N2O4S. The van der Waals surface area contributed by atoms with Crippen molar-refractivity contribution in [1.29, 1.82) is 0 Å². The largest absolute Gasteiger partial charge is 0.334 e. The van der Waals surface area contributed by atoms with Gasteiger partial charge >= 0.3 is 11.2 Å². The molecular weight excluding hydrogens is 268 g/mol. The molecule has 2 aromatic heterocycles. The molecule has 98 valence electrons. The Labute approximate surface area is 112 Å². The van der Waals surface area contributed by atoms with E-state index in [1.54, 1.807) is 6.07 Å². The predicted molar refractivity (Wildman–Crippen MR) is 70.7 cm³/mol. The first-order valence-corrected chi connectivity index (χ1v) is 6.24. The number of aromatic nitrogens is 1. The predicted octanol–water partition coefficient (Wildman–Crippen LogP) is 2.01. The Morgan fingerprint density at radius 1 is 1.42 bits per heavy atom. The highest BCUT2D eigenvalue weighted by atomic mass is 32.1. The van der Waals surface area contributed by atoms with E-state index in [4.69, 9.17) is 0 Å². The summed E-state index contributed by atoms with van der Waals surface area (Å²) in [4.78, 5) is 35.1. The summed E-state index contributed by atoms with van der Waals surface area (Å²) in [7, 11) is 0. The number of aryl methyl sites for hydroxylation is 1. The van der Waals surface area contributed by atoms with Crippen LogP contribution in [0, 0.1) is 17.0 Å². The van der Waals surface area contributed by atoms with Crippen molar-refractivity contribution in [2.75, 3.05) is 0 Å². The van der Waals surface area contributed by atoms with Crippen molar-refractivity contribution in [3.8, 4) is 0 Å². The zero-order valence-electron chi connectivity index (χ0n) is 10.0. The van der Waals surface area contributed by atoms with Gasteiger partial charge in [-0.25, -0.2) is 0 Å². The van der Waals surface area contributed by atoms with Crippen molar-refractivity contribution in [3.05, 3.63) is 60.7 Å². The number of nitro groups is 1. The molecule has 0 unspecified atom stereocenters. The third-order valence-corrected chi connectivity index (χ3v) is 3.57. The SMILES string of the molecule is Cc1ccc(C(=O)Cn2cccc([N+](=O)[O-])c2=O)s1. The molecule has 2 rings (SSSR count). The zero-order chi connectivity index (χ0) is 14.0. The molecule has 2 aromatic rings. The summed E-state index contributed by atoms with van der Waals surface area (Å²) in [6.45, 7) is 1.68. The number of ketones is 1. The number of hydrogen-bond donors (Lipinski definition) is 0. The van der Waals surface area contributed by atoms with Gasteiger partial charge in [0.25, 0.3) is 0 Å². The van der Waals surface area contributed by atoms with Gasteiger partial charge in [-0.2, -0.15) is 0 Å². The molecule has 0 saturated carbocycles. The Kier molecular flexibility index (Phi) is 3.57. The van der Waals surface area contributed by atoms with Crippen LogP contribution in [0.5, 0.6) is 0 Å². The van der Waals surface area contributed by atoms with Crippen LogP contribution in [0.25, 0.3) is 0 Å². The molecule has 0 aliphatic rings. The molecule has 19 heavy (non-hydrogen) atoms. The molecule has 0 saturated heterocycles. The topological polar surface area (TPSA) is 82.2 Å². The van der Waals surface area contributed by atoms with Gasteiger partial charge in [0.2, 0.25) is 0 Å². The second-order valence-electron chi connectivity index (χ2n) is 3.92. The summed E-state index contributed by atoms with van der Waals surface area (Å²) in [6.07, 6.45) is 1.37. The van der Waals surface area contributed by atoms with Crippen LogP contribution in [0.2, 0.25) is 0 Å². The number of Topliss-reactive ketones (excluding diaryl/α,β-unsaturated/α-hetero) is 1. The van der Waals surface area contributed by atoms with Gasteiger partial charge in [0.15, 0.2) is 5.78 Å². The average Bonchev–Trinajstić information content (AvgIpc) is 2.78. The first-order valence-electron chi connectivity index (χ1n) is 5.42. The third kappa shape index (κ3) is 2.76. The monoisotopic (exact) mass is 278 g/mol. The lowest BCUT2D eigenvalue weighted by Crippen LogP contribution is -2.25. The molecule has 6 nitrogen and oxygen atoms in total. The summed E-state index contributed by atoms with van der Waals surface area (Å²) < 4.78 is 1.05. The average molecular weight is 278 g/mol. The van der Waals surface area contributed by atoms with Crippen molar-refractivity contribution in [2.45, 2.75) is 13.5 Å². The van der Waals surface area contributed by atoms with E-state index in [9.17, 15) is 19.7 Å². The minimum absolute atomic E-state index is 0.194. The molecule has 0 aromatic carbocycles. The maximum Gasteiger partial charge on any atom is 0.334 e. The number of thiophene rings is 1. The van der Waals surface area contributed by atoms with Crippen molar-refractivity contribution in [2.24, 2.45) is 0 Å². The second-order valence-corrected chi connectivity index (χ2v) is 5.20. The maximum atomic E-state index is 11.9. The third-order valence-electron chi connectivity index (χ3n) is 2.53. The van der Waals surface area contributed by atoms with Gasteiger partial charge in [-0.3, -0.25) is 19.7 Å². The fraction of sp³-hybridized carbons (Fsp3) is 0.167. The van der Waals surface area contributed by atoms with Gasteiger partial charge < -0.3 is 4.57 Å². The number of hydrogen-bond acceptors (Lipinski definition) is 5. The number of rotatable bonds is 4. The van der Waals surface area contributed by atoms with Gasteiger partial charge in [-0.05, 0) is 25.1 Å². The molecule has 0 amide bonds. The van der Waals surface area contributed by atoms with Crippen LogP contribution in [0.1, 0.15) is 14.5 Å². The van der Waals surface area contributed by atoms with Gasteiger partial charge in [0, 0.05) is 17.1 Å². The highest BCUT2D eigenvalue weighted by Crippen LogP contribution is 2.16. The molecule has 0 fully saturated rings. The fourth-order valence-electron chi connectivity index (χ4n) is 1.60. The Balaban J connectivity index is 2.29. The standard InChI is InChI=1S/C12H10N2O4S/c1-8-4-5-11(19-8)10(15)7-13-6-2-3-9(12(13)16)14(17)18/h2-6H,7H2,1H3. The molecule has 7 heteroatoms. The van der Waals surface area contributed by atoms with E-state index in [1.807, 2.05) is 13.0 Å². The normalized spacial score (nSPS) is 10.4. The Hall–Kier alpha value is -2.28. The number of carbonyl (C=O) groups excluding carboxylic acids is 1. The highest BCUT2D eigenvalue weighted by molar-refractivity contribution is 7.14. The second kappa shape index (κ2) is 5.15. The Bertz CT molecular complexity index is 702. The van der Waals surface area contributed by atoms with Crippen LogP contribution in [-0.4, -0.2) is 15.3 Å². The van der Waals surface area contributed by atoms with Gasteiger partial charge in [0.05, 0.1) is 16.3 Å². The van der Waals surface area contributed by atoms with Gasteiger partial charge in [0.1, 0.15) is 0 Å².